The van der Waals surface area contributed by atoms with Crippen LogP contribution in [0.2, 0.25) is 0 Å². The SMILES string of the molecule is N#CC1=CC(C#N)C(N)SC1(N)C1CC=CCC1. The first kappa shape index (κ1) is 13.2. The molecule has 0 radical (unpaired) electrons. The lowest BCUT2D eigenvalue weighted by atomic mass is 9.83. The van der Waals surface area contributed by atoms with Crippen molar-refractivity contribution in [2.75, 3.05) is 0 Å². The van der Waals surface area contributed by atoms with E-state index in [2.05, 4.69) is 24.3 Å². The van der Waals surface area contributed by atoms with Crippen molar-refractivity contribution in [1.29, 1.82) is 10.5 Å². The Balaban J connectivity index is 2.34. The van der Waals surface area contributed by atoms with Gasteiger partial charge >= 0.3 is 0 Å². The van der Waals surface area contributed by atoms with Crippen molar-refractivity contribution < 1.29 is 0 Å². The Morgan fingerprint density at radius 2 is 2.17 bits per heavy atom. The molecule has 94 valence electrons. The first-order chi connectivity index (χ1) is 8.61. The van der Waals surface area contributed by atoms with Crippen molar-refractivity contribution >= 4 is 11.8 Å². The van der Waals surface area contributed by atoms with Crippen LogP contribution in [0.5, 0.6) is 0 Å². The van der Waals surface area contributed by atoms with Gasteiger partial charge in [-0.15, -0.1) is 11.8 Å². The topological polar surface area (TPSA) is 99.6 Å². The highest BCUT2D eigenvalue weighted by molar-refractivity contribution is 8.01. The van der Waals surface area contributed by atoms with Crippen molar-refractivity contribution in [3.63, 3.8) is 0 Å². The fourth-order valence-electron chi connectivity index (χ4n) is 2.50. The molecule has 0 aromatic carbocycles. The van der Waals surface area contributed by atoms with Gasteiger partial charge in [0.25, 0.3) is 0 Å². The fourth-order valence-corrected chi connectivity index (χ4v) is 3.88. The van der Waals surface area contributed by atoms with E-state index in [1.165, 1.54) is 11.8 Å². The van der Waals surface area contributed by atoms with Gasteiger partial charge in [-0.05, 0) is 31.3 Å². The molecule has 4 unspecified atom stereocenters. The van der Waals surface area contributed by atoms with E-state index in [1.807, 2.05) is 0 Å². The average Bonchev–Trinajstić information content (AvgIpc) is 2.40. The number of nitrogens with zero attached hydrogens (tertiary/aromatic N) is 2. The first-order valence-electron chi connectivity index (χ1n) is 6.01. The van der Waals surface area contributed by atoms with E-state index < -0.39 is 10.8 Å². The minimum Gasteiger partial charge on any atom is -0.318 e. The van der Waals surface area contributed by atoms with Crippen LogP contribution >= 0.6 is 11.8 Å². The van der Waals surface area contributed by atoms with E-state index >= 15 is 0 Å². The second kappa shape index (κ2) is 5.16. The molecule has 0 spiro atoms. The summed E-state index contributed by atoms with van der Waals surface area (Å²) in [4.78, 5) is -0.744. The van der Waals surface area contributed by atoms with Crippen molar-refractivity contribution in [2.45, 2.75) is 29.5 Å². The van der Waals surface area contributed by atoms with Crippen molar-refractivity contribution in [3.05, 3.63) is 23.8 Å². The monoisotopic (exact) mass is 260 g/mol. The van der Waals surface area contributed by atoms with Gasteiger partial charge in [0.05, 0.1) is 29.0 Å². The van der Waals surface area contributed by atoms with Gasteiger partial charge in [0.2, 0.25) is 0 Å². The van der Waals surface area contributed by atoms with Crippen LogP contribution in [0.3, 0.4) is 0 Å². The molecule has 2 aliphatic rings. The number of hydrogen-bond acceptors (Lipinski definition) is 5. The lowest BCUT2D eigenvalue weighted by molar-refractivity contribution is 0.390. The van der Waals surface area contributed by atoms with Gasteiger partial charge in [0, 0.05) is 0 Å². The summed E-state index contributed by atoms with van der Waals surface area (Å²) in [6.45, 7) is 0. The maximum Gasteiger partial charge on any atom is 0.102 e. The molecule has 18 heavy (non-hydrogen) atoms. The fraction of sp³-hybridized carbons (Fsp3) is 0.538. The van der Waals surface area contributed by atoms with Crippen LogP contribution in [0.4, 0.5) is 0 Å². The summed E-state index contributed by atoms with van der Waals surface area (Å²) < 4.78 is 0. The summed E-state index contributed by atoms with van der Waals surface area (Å²) in [6, 6.07) is 4.28. The van der Waals surface area contributed by atoms with Crippen molar-refractivity contribution in [2.24, 2.45) is 23.3 Å². The number of hydrogen-bond donors (Lipinski definition) is 2. The summed E-state index contributed by atoms with van der Waals surface area (Å²) in [5.41, 5.74) is 12.9. The molecule has 0 saturated carbocycles. The normalized spacial score (nSPS) is 39.6. The van der Waals surface area contributed by atoms with E-state index in [0.29, 0.717) is 5.57 Å². The van der Waals surface area contributed by atoms with Crippen LogP contribution in [-0.4, -0.2) is 10.2 Å². The molecule has 2 rings (SSSR count). The predicted molar refractivity (Wildman–Crippen MR) is 71.8 cm³/mol. The van der Waals surface area contributed by atoms with Crippen LogP contribution in [-0.2, 0) is 0 Å². The molecule has 1 aliphatic heterocycles. The van der Waals surface area contributed by atoms with Crippen molar-refractivity contribution in [3.8, 4) is 12.1 Å². The molecular weight excluding hydrogens is 244 g/mol. The number of nitrogens with two attached hydrogens (primary N) is 2. The number of allylic oxidation sites excluding steroid dienone is 2. The Kier molecular flexibility index (Phi) is 3.77. The molecule has 4 nitrogen and oxygen atoms in total. The van der Waals surface area contributed by atoms with E-state index in [1.54, 1.807) is 6.08 Å². The number of rotatable bonds is 1. The zero-order valence-electron chi connectivity index (χ0n) is 10.0. The van der Waals surface area contributed by atoms with Gasteiger partial charge in [0.1, 0.15) is 4.87 Å². The highest BCUT2D eigenvalue weighted by Crippen LogP contribution is 2.46. The predicted octanol–water partition coefficient (Wildman–Crippen LogP) is 1.62. The van der Waals surface area contributed by atoms with E-state index in [-0.39, 0.29) is 11.3 Å². The Hall–Kier alpha value is -1.27. The molecular formula is C13H16N4S. The Labute approximate surface area is 111 Å². The molecule has 0 aromatic heterocycles. The molecule has 0 saturated heterocycles. The van der Waals surface area contributed by atoms with E-state index in [0.717, 1.165) is 19.3 Å². The Morgan fingerprint density at radius 3 is 2.72 bits per heavy atom. The smallest absolute Gasteiger partial charge is 0.102 e. The third-order valence-corrected chi connectivity index (χ3v) is 5.11. The van der Waals surface area contributed by atoms with Gasteiger partial charge in [-0.3, -0.25) is 0 Å². The number of thioether (sulfide) groups is 1. The molecule has 4 N–H and O–H groups in total. The summed E-state index contributed by atoms with van der Waals surface area (Å²) in [5.74, 6) is -0.218. The molecule has 5 heteroatoms. The molecule has 4 atom stereocenters. The van der Waals surface area contributed by atoms with Crippen LogP contribution in [0, 0.1) is 34.5 Å². The Morgan fingerprint density at radius 1 is 1.39 bits per heavy atom. The van der Waals surface area contributed by atoms with Gasteiger partial charge in [-0.2, -0.15) is 10.5 Å². The minimum atomic E-state index is -0.744. The maximum absolute atomic E-state index is 9.28. The van der Waals surface area contributed by atoms with Crippen LogP contribution in [0.1, 0.15) is 19.3 Å². The van der Waals surface area contributed by atoms with E-state index in [4.69, 9.17) is 16.7 Å². The molecule has 0 bridgehead atoms. The lowest BCUT2D eigenvalue weighted by Gasteiger charge is -2.42. The standard InChI is InChI=1S/C13H16N4S/c14-7-9-6-11(8-15)13(17,18-12(9)16)10-4-2-1-3-5-10/h1-2,6,9-10,12H,3-5,16-17H2. The second-order valence-corrected chi connectivity index (χ2v) is 6.16. The third kappa shape index (κ3) is 2.18. The molecule has 1 heterocycles. The third-order valence-electron chi connectivity index (χ3n) is 3.60. The largest absolute Gasteiger partial charge is 0.318 e. The Bertz CT molecular complexity index is 470. The summed E-state index contributed by atoms with van der Waals surface area (Å²) in [7, 11) is 0. The number of nitriles is 2. The van der Waals surface area contributed by atoms with Crippen molar-refractivity contribution in [1.82, 2.24) is 0 Å². The van der Waals surface area contributed by atoms with E-state index in [9.17, 15) is 5.26 Å². The van der Waals surface area contributed by atoms with Gasteiger partial charge in [0.15, 0.2) is 0 Å². The van der Waals surface area contributed by atoms with Gasteiger partial charge in [-0.25, -0.2) is 0 Å². The maximum atomic E-state index is 9.28. The van der Waals surface area contributed by atoms with Gasteiger partial charge in [-0.1, -0.05) is 12.2 Å². The van der Waals surface area contributed by atoms with Crippen LogP contribution in [0.25, 0.3) is 0 Å². The second-order valence-electron chi connectivity index (χ2n) is 4.70. The lowest BCUT2D eigenvalue weighted by Crippen LogP contribution is -2.51. The molecule has 0 fully saturated rings. The molecule has 0 aromatic rings. The molecule has 0 amide bonds. The zero-order chi connectivity index (χ0) is 13.2. The summed E-state index contributed by atoms with van der Waals surface area (Å²) in [6.07, 6.45) is 8.72. The molecule has 1 aliphatic carbocycles. The minimum absolute atomic E-state index is 0.212. The highest BCUT2D eigenvalue weighted by atomic mass is 32.2. The average molecular weight is 260 g/mol. The van der Waals surface area contributed by atoms with Crippen LogP contribution < -0.4 is 11.5 Å². The zero-order valence-corrected chi connectivity index (χ0v) is 10.9. The van der Waals surface area contributed by atoms with Crippen LogP contribution in [0.15, 0.2) is 23.8 Å². The first-order valence-corrected chi connectivity index (χ1v) is 6.89. The quantitative estimate of drug-likeness (QED) is 0.698. The van der Waals surface area contributed by atoms with Gasteiger partial charge < -0.3 is 11.5 Å². The highest BCUT2D eigenvalue weighted by Gasteiger charge is 2.45. The summed E-state index contributed by atoms with van der Waals surface area (Å²) >= 11 is 1.37. The summed E-state index contributed by atoms with van der Waals surface area (Å²) in [5, 5.41) is 17.9.